The van der Waals surface area contributed by atoms with Crippen LogP contribution in [-0.2, 0) is 0 Å². The van der Waals surface area contributed by atoms with Crippen LogP contribution in [0, 0.1) is 5.92 Å². The Bertz CT molecular complexity index is 850. The van der Waals surface area contributed by atoms with Crippen molar-refractivity contribution in [3.8, 4) is 11.3 Å². The van der Waals surface area contributed by atoms with Gasteiger partial charge in [0.1, 0.15) is 0 Å². The topological polar surface area (TPSA) is 43.6 Å². The highest BCUT2D eigenvalue weighted by atomic mass is 19.4. The lowest BCUT2D eigenvalue weighted by Crippen LogP contribution is -2.37. The van der Waals surface area contributed by atoms with Crippen molar-refractivity contribution in [1.29, 1.82) is 0 Å². The summed E-state index contributed by atoms with van der Waals surface area (Å²) in [7, 11) is 0. The van der Waals surface area contributed by atoms with Gasteiger partial charge in [-0.2, -0.15) is 18.3 Å². The van der Waals surface area contributed by atoms with E-state index in [-0.39, 0.29) is 18.9 Å². The largest absolute Gasteiger partial charge is 0.391 e. The molecule has 0 amide bonds. The molecule has 23 heavy (non-hydrogen) atoms. The number of fused-ring (bicyclic) bond motifs is 1. The molecule has 7 heteroatoms. The summed E-state index contributed by atoms with van der Waals surface area (Å²) >= 11 is 0. The molecule has 0 aliphatic heterocycles. The van der Waals surface area contributed by atoms with Crippen LogP contribution >= 0.6 is 0 Å². The Hall–Kier alpha value is -2.44. The van der Waals surface area contributed by atoms with Gasteiger partial charge < -0.3 is 0 Å². The maximum atomic E-state index is 12.6. The lowest BCUT2D eigenvalue weighted by Gasteiger charge is -2.36. The number of halogens is 3. The van der Waals surface area contributed by atoms with Gasteiger partial charge in [0.25, 0.3) is 0 Å². The molecule has 2 aromatic heterocycles. The predicted molar refractivity (Wildman–Crippen MR) is 78.6 cm³/mol. The minimum absolute atomic E-state index is 0.0913. The average Bonchev–Trinajstić information content (AvgIpc) is 2.93. The number of hydrogen-bond acceptors (Lipinski definition) is 3. The van der Waals surface area contributed by atoms with Gasteiger partial charge in [-0.3, -0.25) is 9.67 Å². The van der Waals surface area contributed by atoms with E-state index in [1.807, 2.05) is 24.3 Å². The number of para-hydroxylation sites is 2. The molecule has 3 aromatic rings. The molecular weight excluding hydrogens is 305 g/mol. The second kappa shape index (κ2) is 5.04. The summed E-state index contributed by atoms with van der Waals surface area (Å²) in [5.74, 6) is -1.21. The number of hydrogen-bond donors (Lipinski definition) is 0. The van der Waals surface area contributed by atoms with Gasteiger partial charge in [-0.1, -0.05) is 12.1 Å². The number of benzene rings is 1. The standard InChI is InChI=1S/C16H13F3N4/c17-16(18,19)11-5-12(6-11)23-9-10(7-21-23)15-8-20-13-3-1-2-4-14(13)22-15/h1-4,7-9,11-12H,5-6H2. The summed E-state index contributed by atoms with van der Waals surface area (Å²) in [6.07, 6.45) is 1.11. The van der Waals surface area contributed by atoms with E-state index < -0.39 is 12.1 Å². The van der Waals surface area contributed by atoms with Gasteiger partial charge in [-0.25, -0.2) is 4.98 Å². The second-order valence-electron chi connectivity index (χ2n) is 5.82. The van der Waals surface area contributed by atoms with Gasteiger partial charge in [0, 0.05) is 11.8 Å². The third kappa shape index (κ3) is 2.56. The molecular formula is C16H13F3N4. The fourth-order valence-electron chi connectivity index (χ4n) is 2.84. The van der Waals surface area contributed by atoms with Crippen LogP contribution in [0.25, 0.3) is 22.3 Å². The molecule has 4 nitrogen and oxygen atoms in total. The molecule has 0 saturated heterocycles. The minimum Gasteiger partial charge on any atom is -0.269 e. The lowest BCUT2D eigenvalue weighted by molar-refractivity contribution is -0.203. The number of nitrogens with zero attached hydrogens (tertiary/aromatic N) is 4. The zero-order chi connectivity index (χ0) is 16.0. The molecule has 1 fully saturated rings. The van der Waals surface area contributed by atoms with Crippen molar-refractivity contribution in [2.75, 3.05) is 0 Å². The molecule has 1 saturated carbocycles. The highest BCUT2D eigenvalue weighted by Crippen LogP contribution is 2.47. The SMILES string of the molecule is FC(F)(F)C1CC(n2cc(-c3cnc4ccccc4n3)cn2)C1. The van der Waals surface area contributed by atoms with Crippen LogP contribution in [-0.4, -0.2) is 25.9 Å². The van der Waals surface area contributed by atoms with Gasteiger partial charge in [-0.15, -0.1) is 0 Å². The van der Waals surface area contributed by atoms with Crippen molar-refractivity contribution in [3.63, 3.8) is 0 Å². The Morgan fingerprint density at radius 1 is 1.04 bits per heavy atom. The third-order valence-electron chi connectivity index (χ3n) is 4.30. The molecule has 1 aliphatic carbocycles. The quantitative estimate of drug-likeness (QED) is 0.717. The van der Waals surface area contributed by atoms with Crippen LogP contribution < -0.4 is 0 Å². The summed E-state index contributed by atoms with van der Waals surface area (Å²) in [6.45, 7) is 0. The van der Waals surface area contributed by atoms with Crippen LogP contribution in [0.15, 0.2) is 42.9 Å². The fraction of sp³-hybridized carbons (Fsp3) is 0.312. The van der Waals surface area contributed by atoms with E-state index in [2.05, 4.69) is 15.1 Å². The van der Waals surface area contributed by atoms with E-state index in [1.165, 1.54) is 0 Å². The minimum atomic E-state index is -4.10. The Balaban J connectivity index is 1.56. The summed E-state index contributed by atoms with van der Waals surface area (Å²) in [5.41, 5.74) is 3.01. The summed E-state index contributed by atoms with van der Waals surface area (Å²) in [6, 6.07) is 7.33. The smallest absolute Gasteiger partial charge is 0.269 e. The molecule has 118 valence electrons. The Morgan fingerprint density at radius 3 is 2.52 bits per heavy atom. The van der Waals surface area contributed by atoms with E-state index in [0.29, 0.717) is 5.69 Å². The van der Waals surface area contributed by atoms with Crippen molar-refractivity contribution in [2.45, 2.75) is 25.1 Å². The molecule has 0 N–H and O–H groups in total. The van der Waals surface area contributed by atoms with E-state index in [9.17, 15) is 13.2 Å². The average molecular weight is 318 g/mol. The van der Waals surface area contributed by atoms with Gasteiger partial charge in [0.15, 0.2) is 0 Å². The van der Waals surface area contributed by atoms with Crippen LogP contribution in [0.5, 0.6) is 0 Å². The molecule has 0 atom stereocenters. The molecule has 0 spiro atoms. The van der Waals surface area contributed by atoms with Crippen molar-refractivity contribution in [1.82, 2.24) is 19.7 Å². The monoisotopic (exact) mass is 318 g/mol. The Labute approximate surface area is 130 Å². The maximum Gasteiger partial charge on any atom is 0.391 e. The number of aromatic nitrogens is 4. The molecule has 4 rings (SSSR count). The molecule has 0 radical (unpaired) electrons. The second-order valence-corrected chi connectivity index (χ2v) is 5.82. The van der Waals surface area contributed by atoms with Crippen LogP contribution in [0.3, 0.4) is 0 Å². The molecule has 0 unspecified atom stereocenters. The predicted octanol–water partition coefficient (Wildman–Crippen LogP) is 4.01. The van der Waals surface area contributed by atoms with Crippen molar-refractivity contribution in [3.05, 3.63) is 42.9 Å². The zero-order valence-electron chi connectivity index (χ0n) is 12.0. The summed E-state index contributed by atoms with van der Waals surface area (Å²) in [4.78, 5) is 8.86. The van der Waals surface area contributed by atoms with Crippen LogP contribution in [0.4, 0.5) is 13.2 Å². The lowest BCUT2D eigenvalue weighted by atomic mass is 9.80. The first-order valence-corrected chi connectivity index (χ1v) is 7.34. The van der Waals surface area contributed by atoms with E-state index in [0.717, 1.165) is 16.6 Å². The summed E-state index contributed by atoms with van der Waals surface area (Å²) in [5, 5.41) is 4.19. The fourth-order valence-corrected chi connectivity index (χ4v) is 2.84. The molecule has 1 aromatic carbocycles. The highest BCUT2D eigenvalue weighted by Gasteiger charge is 2.48. The van der Waals surface area contributed by atoms with Crippen molar-refractivity contribution < 1.29 is 13.2 Å². The first-order chi connectivity index (χ1) is 11.0. The first-order valence-electron chi connectivity index (χ1n) is 7.34. The van der Waals surface area contributed by atoms with Gasteiger partial charge in [0.2, 0.25) is 0 Å². The van der Waals surface area contributed by atoms with E-state index in [1.54, 1.807) is 23.3 Å². The number of rotatable bonds is 2. The highest BCUT2D eigenvalue weighted by molar-refractivity contribution is 5.76. The van der Waals surface area contributed by atoms with Gasteiger partial charge in [0.05, 0.1) is 41.1 Å². The van der Waals surface area contributed by atoms with Crippen LogP contribution in [0.1, 0.15) is 18.9 Å². The van der Waals surface area contributed by atoms with Gasteiger partial charge >= 0.3 is 6.18 Å². The third-order valence-corrected chi connectivity index (χ3v) is 4.30. The van der Waals surface area contributed by atoms with Crippen molar-refractivity contribution in [2.24, 2.45) is 5.92 Å². The Morgan fingerprint density at radius 2 is 1.78 bits per heavy atom. The van der Waals surface area contributed by atoms with Gasteiger partial charge in [-0.05, 0) is 25.0 Å². The first kappa shape index (κ1) is 14.2. The molecule has 0 bridgehead atoms. The number of alkyl halides is 3. The molecule has 2 heterocycles. The van der Waals surface area contributed by atoms with Crippen molar-refractivity contribution >= 4 is 11.0 Å². The Kier molecular flexibility index (Phi) is 3.11. The normalized spacial score (nSPS) is 21.3. The maximum absolute atomic E-state index is 12.6. The zero-order valence-corrected chi connectivity index (χ0v) is 12.0. The summed E-state index contributed by atoms with van der Waals surface area (Å²) < 4.78 is 39.3. The van der Waals surface area contributed by atoms with E-state index >= 15 is 0 Å². The molecule has 1 aliphatic rings. The van der Waals surface area contributed by atoms with E-state index in [4.69, 9.17) is 0 Å². The van der Waals surface area contributed by atoms with Crippen LogP contribution in [0.2, 0.25) is 0 Å².